The molecule has 1 aromatic heterocycles. The molecule has 1 heterocycles. The Labute approximate surface area is 115 Å². The maximum Gasteiger partial charge on any atom is 0.197 e. The lowest BCUT2D eigenvalue weighted by atomic mass is 10.0. The van der Waals surface area contributed by atoms with Crippen molar-refractivity contribution in [2.24, 2.45) is 7.05 Å². The molecule has 0 atom stereocenters. The molecule has 0 N–H and O–H groups in total. The third-order valence-corrected chi connectivity index (χ3v) is 3.59. The number of pyridine rings is 1. The van der Waals surface area contributed by atoms with Crippen LogP contribution in [0.2, 0.25) is 0 Å². The predicted molar refractivity (Wildman–Crippen MR) is 81.2 cm³/mol. The highest BCUT2D eigenvalue weighted by Crippen LogP contribution is 2.21. The molecule has 0 amide bonds. The topological polar surface area (TPSA) is 39.1 Å². The standard InChI is InChI=1S/C17H13NO2/c1-3-15(19)12-8-6-10-14-16(12)17(20)11-7-4-5-9-13(11)18(14)2/h3-10H,1H2,2H3. The summed E-state index contributed by atoms with van der Waals surface area (Å²) in [6, 6.07) is 12.7. The van der Waals surface area contributed by atoms with E-state index in [0.29, 0.717) is 16.3 Å². The van der Waals surface area contributed by atoms with Gasteiger partial charge in [-0.15, -0.1) is 0 Å². The molecule has 0 aliphatic heterocycles. The molecule has 3 aromatic rings. The van der Waals surface area contributed by atoms with E-state index in [9.17, 15) is 9.59 Å². The van der Waals surface area contributed by atoms with Crippen molar-refractivity contribution in [2.45, 2.75) is 0 Å². The summed E-state index contributed by atoms with van der Waals surface area (Å²) in [5.74, 6) is -0.233. The zero-order chi connectivity index (χ0) is 14.3. The molecule has 0 spiro atoms. The van der Waals surface area contributed by atoms with Crippen LogP contribution >= 0.6 is 0 Å². The molecular formula is C17H13NO2. The number of nitrogens with zero attached hydrogens (tertiary/aromatic N) is 1. The van der Waals surface area contributed by atoms with Gasteiger partial charge >= 0.3 is 0 Å². The minimum Gasteiger partial charge on any atom is -0.343 e. The van der Waals surface area contributed by atoms with Crippen LogP contribution in [0.3, 0.4) is 0 Å². The number of benzene rings is 2. The van der Waals surface area contributed by atoms with Crippen molar-refractivity contribution in [1.29, 1.82) is 0 Å². The summed E-state index contributed by atoms with van der Waals surface area (Å²) in [4.78, 5) is 24.6. The van der Waals surface area contributed by atoms with Crippen molar-refractivity contribution in [2.75, 3.05) is 0 Å². The molecule has 3 nitrogen and oxygen atoms in total. The molecule has 0 saturated carbocycles. The summed E-state index contributed by atoms with van der Waals surface area (Å²) in [7, 11) is 1.90. The zero-order valence-electron chi connectivity index (χ0n) is 11.1. The number of allylic oxidation sites excluding steroid dienone is 1. The fraction of sp³-hybridized carbons (Fsp3) is 0.0588. The van der Waals surface area contributed by atoms with Crippen LogP contribution in [0.1, 0.15) is 10.4 Å². The minimum atomic E-state index is -0.233. The average Bonchev–Trinajstić information content (AvgIpc) is 2.51. The van der Waals surface area contributed by atoms with E-state index in [1.165, 1.54) is 6.08 Å². The first kappa shape index (κ1) is 12.4. The van der Waals surface area contributed by atoms with Gasteiger partial charge in [0.1, 0.15) is 0 Å². The molecular weight excluding hydrogens is 250 g/mol. The number of fused-ring (bicyclic) bond motifs is 2. The van der Waals surface area contributed by atoms with E-state index in [-0.39, 0.29) is 11.2 Å². The van der Waals surface area contributed by atoms with Crippen LogP contribution < -0.4 is 5.43 Å². The lowest BCUT2D eigenvalue weighted by molar-refractivity contribution is 0.104. The number of aromatic nitrogens is 1. The zero-order valence-corrected chi connectivity index (χ0v) is 11.1. The highest BCUT2D eigenvalue weighted by Gasteiger charge is 2.14. The monoisotopic (exact) mass is 263 g/mol. The fourth-order valence-electron chi connectivity index (χ4n) is 2.60. The summed E-state index contributed by atoms with van der Waals surface area (Å²) in [5, 5.41) is 1.07. The number of carbonyl (C=O) groups excluding carboxylic acids is 1. The Morgan fingerprint density at radius 3 is 2.55 bits per heavy atom. The molecule has 98 valence electrons. The van der Waals surface area contributed by atoms with Crippen molar-refractivity contribution in [3.63, 3.8) is 0 Å². The summed E-state index contributed by atoms with van der Waals surface area (Å²) in [5.41, 5.74) is 1.90. The Hall–Kier alpha value is -2.68. The first-order chi connectivity index (χ1) is 9.65. The number of para-hydroxylation sites is 1. The SMILES string of the molecule is C=CC(=O)c1cccc2c1c(=O)c1ccccc1n2C. The average molecular weight is 263 g/mol. The van der Waals surface area contributed by atoms with Crippen LogP contribution in [0.4, 0.5) is 0 Å². The van der Waals surface area contributed by atoms with Gasteiger partial charge < -0.3 is 4.57 Å². The number of hydrogen-bond acceptors (Lipinski definition) is 2. The first-order valence-electron chi connectivity index (χ1n) is 6.32. The number of hydrogen-bond donors (Lipinski definition) is 0. The molecule has 0 aliphatic rings. The molecule has 0 radical (unpaired) electrons. The molecule has 0 saturated heterocycles. The highest BCUT2D eigenvalue weighted by molar-refractivity contribution is 6.14. The molecule has 3 heteroatoms. The van der Waals surface area contributed by atoms with Crippen molar-refractivity contribution >= 4 is 27.6 Å². The van der Waals surface area contributed by atoms with Crippen molar-refractivity contribution < 1.29 is 4.79 Å². The lowest BCUT2D eigenvalue weighted by Gasteiger charge is -2.11. The minimum absolute atomic E-state index is 0.112. The number of rotatable bonds is 2. The lowest BCUT2D eigenvalue weighted by Crippen LogP contribution is -2.12. The van der Waals surface area contributed by atoms with E-state index in [0.717, 1.165) is 11.0 Å². The van der Waals surface area contributed by atoms with Crippen LogP contribution in [0.25, 0.3) is 21.8 Å². The summed E-state index contributed by atoms with van der Waals surface area (Å²) in [6.07, 6.45) is 1.24. The Morgan fingerprint density at radius 2 is 1.80 bits per heavy atom. The molecule has 0 aliphatic carbocycles. The van der Waals surface area contributed by atoms with Crippen molar-refractivity contribution in [3.05, 3.63) is 70.9 Å². The van der Waals surface area contributed by atoms with Gasteiger partial charge in [0.15, 0.2) is 11.2 Å². The van der Waals surface area contributed by atoms with Gasteiger partial charge in [-0.25, -0.2) is 0 Å². The number of carbonyl (C=O) groups is 1. The van der Waals surface area contributed by atoms with E-state index >= 15 is 0 Å². The van der Waals surface area contributed by atoms with Crippen molar-refractivity contribution in [3.8, 4) is 0 Å². The second-order valence-electron chi connectivity index (χ2n) is 4.67. The van der Waals surface area contributed by atoms with Gasteiger partial charge in [-0.05, 0) is 24.3 Å². The number of aryl methyl sites for hydroxylation is 1. The van der Waals surface area contributed by atoms with Gasteiger partial charge in [0, 0.05) is 18.0 Å². The maximum atomic E-state index is 12.7. The highest BCUT2D eigenvalue weighted by atomic mass is 16.1. The molecule has 20 heavy (non-hydrogen) atoms. The van der Waals surface area contributed by atoms with E-state index in [4.69, 9.17) is 0 Å². The second-order valence-corrected chi connectivity index (χ2v) is 4.67. The van der Waals surface area contributed by atoms with E-state index < -0.39 is 0 Å². The molecule has 0 unspecified atom stereocenters. The largest absolute Gasteiger partial charge is 0.343 e. The normalized spacial score (nSPS) is 10.8. The molecule has 0 bridgehead atoms. The number of ketones is 1. The third kappa shape index (κ3) is 1.60. The summed E-state index contributed by atoms with van der Waals surface area (Å²) >= 11 is 0. The quantitative estimate of drug-likeness (QED) is 0.405. The van der Waals surface area contributed by atoms with Gasteiger partial charge in [0.05, 0.1) is 16.4 Å². The predicted octanol–water partition coefficient (Wildman–Crippen LogP) is 3.06. The van der Waals surface area contributed by atoms with Gasteiger partial charge in [-0.1, -0.05) is 30.8 Å². The van der Waals surface area contributed by atoms with Gasteiger partial charge in [0.25, 0.3) is 0 Å². The fourth-order valence-corrected chi connectivity index (χ4v) is 2.60. The second kappa shape index (κ2) is 4.46. The van der Waals surface area contributed by atoms with Gasteiger partial charge in [-0.2, -0.15) is 0 Å². The molecule has 0 fully saturated rings. The Morgan fingerprint density at radius 1 is 1.10 bits per heavy atom. The maximum absolute atomic E-state index is 12.7. The van der Waals surface area contributed by atoms with Gasteiger partial charge in [-0.3, -0.25) is 9.59 Å². The van der Waals surface area contributed by atoms with Crippen LogP contribution in [-0.2, 0) is 7.05 Å². The Kier molecular flexibility index (Phi) is 2.75. The Bertz CT molecular complexity index is 919. The van der Waals surface area contributed by atoms with E-state index in [2.05, 4.69) is 6.58 Å². The van der Waals surface area contributed by atoms with E-state index in [1.807, 2.05) is 35.9 Å². The third-order valence-electron chi connectivity index (χ3n) is 3.59. The van der Waals surface area contributed by atoms with Crippen molar-refractivity contribution in [1.82, 2.24) is 4.57 Å². The van der Waals surface area contributed by atoms with Crippen LogP contribution in [0.15, 0.2) is 59.9 Å². The summed E-state index contributed by atoms with van der Waals surface area (Å²) in [6.45, 7) is 3.50. The van der Waals surface area contributed by atoms with E-state index in [1.54, 1.807) is 18.2 Å². The van der Waals surface area contributed by atoms with Crippen LogP contribution in [0.5, 0.6) is 0 Å². The first-order valence-corrected chi connectivity index (χ1v) is 6.32. The summed E-state index contributed by atoms with van der Waals surface area (Å²) < 4.78 is 1.94. The Balaban J connectivity index is 2.64. The van der Waals surface area contributed by atoms with Gasteiger partial charge in [0.2, 0.25) is 0 Å². The molecule has 3 rings (SSSR count). The smallest absolute Gasteiger partial charge is 0.197 e. The van der Waals surface area contributed by atoms with Crippen LogP contribution in [0, 0.1) is 0 Å². The molecule has 2 aromatic carbocycles. The van der Waals surface area contributed by atoms with Crippen LogP contribution in [-0.4, -0.2) is 10.4 Å².